The molecular formula is C22H27ClN4O2. The Morgan fingerprint density at radius 1 is 0.862 bits per heavy atom. The predicted octanol–water partition coefficient (Wildman–Crippen LogP) is 2.07. The summed E-state index contributed by atoms with van der Waals surface area (Å²) < 4.78 is 0. The molecule has 6 nitrogen and oxygen atoms in total. The summed E-state index contributed by atoms with van der Waals surface area (Å²) in [6.45, 7) is 4.94. The highest BCUT2D eigenvalue weighted by Gasteiger charge is 2.14. The van der Waals surface area contributed by atoms with E-state index in [1.54, 1.807) is 12.1 Å². The second-order valence-electron chi connectivity index (χ2n) is 7.27. The zero-order valence-electron chi connectivity index (χ0n) is 16.7. The van der Waals surface area contributed by atoms with Crippen molar-refractivity contribution in [3.05, 3.63) is 64.7 Å². The molecule has 7 heteroatoms. The number of rotatable bonds is 6. The fourth-order valence-corrected chi connectivity index (χ4v) is 3.33. The number of carbonyl (C=O) groups is 2. The lowest BCUT2D eigenvalue weighted by Gasteiger charge is -2.34. The van der Waals surface area contributed by atoms with Crippen molar-refractivity contribution in [1.82, 2.24) is 15.5 Å². The van der Waals surface area contributed by atoms with Gasteiger partial charge in [0.1, 0.15) is 0 Å². The van der Waals surface area contributed by atoms with Gasteiger partial charge in [0.25, 0.3) is 0 Å². The van der Waals surface area contributed by atoms with E-state index in [1.165, 1.54) is 5.69 Å². The van der Waals surface area contributed by atoms with Crippen LogP contribution in [0, 0.1) is 0 Å². The molecule has 154 valence electrons. The van der Waals surface area contributed by atoms with Gasteiger partial charge in [-0.1, -0.05) is 35.9 Å². The van der Waals surface area contributed by atoms with Crippen LogP contribution < -0.4 is 15.5 Å². The first kappa shape index (κ1) is 21.1. The fourth-order valence-electron chi connectivity index (χ4n) is 3.20. The van der Waals surface area contributed by atoms with Crippen molar-refractivity contribution in [2.24, 2.45) is 0 Å². The highest BCUT2D eigenvalue weighted by Crippen LogP contribution is 2.17. The smallest absolute Gasteiger partial charge is 0.309 e. The van der Waals surface area contributed by atoms with E-state index >= 15 is 0 Å². The molecule has 0 bridgehead atoms. The lowest BCUT2D eigenvalue weighted by molar-refractivity contribution is -0.139. The van der Waals surface area contributed by atoms with E-state index in [0.717, 1.165) is 37.3 Å². The average molecular weight is 415 g/mol. The minimum Gasteiger partial charge on any atom is -0.369 e. The van der Waals surface area contributed by atoms with Gasteiger partial charge in [-0.05, 0) is 48.9 Å². The van der Waals surface area contributed by atoms with Crippen molar-refractivity contribution >= 4 is 29.1 Å². The third-order valence-corrected chi connectivity index (χ3v) is 5.33. The molecule has 2 amide bonds. The molecule has 1 aliphatic heterocycles. The van der Waals surface area contributed by atoms with Gasteiger partial charge in [0.05, 0.1) is 0 Å². The lowest BCUT2D eigenvalue weighted by Crippen LogP contribution is -2.44. The van der Waals surface area contributed by atoms with E-state index in [4.69, 9.17) is 11.6 Å². The van der Waals surface area contributed by atoms with Gasteiger partial charge >= 0.3 is 11.8 Å². The average Bonchev–Trinajstić information content (AvgIpc) is 2.74. The molecule has 29 heavy (non-hydrogen) atoms. The highest BCUT2D eigenvalue weighted by molar-refractivity contribution is 6.35. The molecule has 0 radical (unpaired) electrons. The Balaban J connectivity index is 1.38. The third kappa shape index (κ3) is 6.48. The van der Waals surface area contributed by atoms with Gasteiger partial charge < -0.3 is 20.4 Å². The van der Waals surface area contributed by atoms with Gasteiger partial charge in [-0.3, -0.25) is 9.59 Å². The summed E-state index contributed by atoms with van der Waals surface area (Å²) in [4.78, 5) is 28.6. The number of anilines is 1. The van der Waals surface area contributed by atoms with E-state index < -0.39 is 11.8 Å². The van der Waals surface area contributed by atoms with Crippen molar-refractivity contribution in [1.29, 1.82) is 0 Å². The summed E-state index contributed by atoms with van der Waals surface area (Å²) in [6.07, 6.45) is 0.680. The number of hydrogen-bond acceptors (Lipinski definition) is 4. The van der Waals surface area contributed by atoms with Crippen molar-refractivity contribution in [3.8, 4) is 0 Å². The highest BCUT2D eigenvalue weighted by atomic mass is 35.5. The SMILES string of the molecule is CN1CCN(c2ccc(CCNC(=O)C(=O)NCc3ccc(Cl)cc3)cc2)CC1. The Morgan fingerprint density at radius 3 is 2.10 bits per heavy atom. The van der Waals surface area contributed by atoms with Gasteiger partial charge in [0, 0.05) is 50.0 Å². The molecule has 3 rings (SSSR count). The Kier molecular flexibility index (Phi) is 7.49. The summed E-state index contributed by atoms with van der Waals surface area (Å²) in [5.41, 5.74) is 3.24. The Labute approximate surface area is 176 Å². The number of halogens is 1. The van der Waals surface area contributed by atoms with Crippen LogP contribution in [0.1, 0.15) is 11.1 Å². The zero-order chi connectivity index (χ0) is 20.6. The summed E-state index contributed by atoms with van der Waals surface area (Å²) in [5.74, 6) is -1.25. The molecule has 2 aromatic rings. The molecule has 0 spiro atoms. The van der Waals surface area contributed by atoms with Crippen molar-refractivity contribution < 1.29 is 9.59 Å². The molecule has 0 atom stereocenters. The molecule has 1 fully saturated rings. The van der Waals surface area contributed by atoms with E-state index in [2.05, 4.69) is 51.7 Å². The second-order valence-corrected chi connectivity index (χ2v) is 7.71. The first-order valence-corrected chi connectivity index (χ1v) is 10.2. The van der Waals surface area contributed by atoms with Crippen LogP contribution in [0.5, 0.6) is 0 Å². The standard InChI is InChI=1S/C22H27ClN4O2/c1-26-12-14-27(15-13-26)20-8-4-17(5-9-20)10-11-24-21(28)22(29)25-16-18-2-6-19(23)7-3-18/h2-9H,10-16H2,1H3,(H,24,28)(H,25,29). The number of hydrogen-bond donors (Lipinski definition) is 2. The van der Waals surface area contributed by atoms with Crippen LogP contribution in [0.4, 0.5) is 5.69 Å². The first-order chi connectivity index (χ1) is 14.0. The van der Waals surface area contributed by atoms with Crippen LogP contribution >= 0.6 is 11.6 Å². The van der Waals surface area contributed by atoms with Gasteiger partial charge in [0.2, 0.25) is 0 Å². The zero-order valence-corrected chi connectivity index (χ0v) is 17.4. The number of amides is 2. The van der Waals surface area contributed by atoms with E-state index in [-0.39, 0.29) is 6.54 Å². The van der Waals surface area contributed by atoms with Crippen molar-refractivity contribution in [3.63, 3.8) is 0 Å². The number of carbonyl (C=O) groups excluding carboxylic acids is 2. The fraction of sp³-hybridized carbons (Fsp3) is 0.364. The molecule has 2 aromatic carbocycles. The van der Waals surface area contributed by atoms with Crippen molar-refractivity contribution in [2.45, 2.75) is 13.0 Å². The largest absolute Gasteiger partial charge is 0.369 e. The number of piperazine rings is 1. The van der Waals surface area contributed by atoms with E-state index in [9.17, 15) is 9.59 Å². The van der Waals surface area contributed by atoms with Crippen LogP contribution in [0.2, 0.25) is 5.02 Å². The van der Waals surface area contributed by atoms with Gasteiger partial charge in [-0.25, -0.2) is 0 Å². The first-order valence-electron chi connectivity index (χ1n) is 9.84. The topological polar surface area (TPSA) is 64.7 Å². The summed E-state index contributed by atoms with van der Waals surface area (Å²) in [6, 6.07) is 15.5. The van der Waals surface area contributed by atoms with Gasteiger partial charge in [-0.15, -0.1) is 0 Å². The Hall–Kier alpha value is -2.57. The number of nitrogens with one attached hydrogen (secondary N) is 2. The Morgan fingerprint density at radius 2 is 1.45 bits per heavy atom. The van der Waals surface area contributed by atoms with Crippen molar-refractivity contribution in [2.75, 3.05) is 44.7 Å². The Bertz CT molecular complexity index is 816. The summed E-state index contributed by atoms with van der Waals surface area (Å²) in [7, 11) is 2.15. The molecule has 1 aliphatic rings. The molecular weight excluding hydrogens is 388 g/mol. The number of nitrogens with zero attached hydrogens (tertiary/aromatic N) is 2. The molecule has 1 saturated heterocycles. The maximum atomic E-state index is 11.9. The second kappa shape index (κ2) is 10.3. The lowest BCUT2D eigenvalue weighted by atomic mass is 10.1. The number of likely N-dealkylation sites (N-methyl/N-ethyl adjacent to an activating group) is 1. The molecule has 0 aliphatic carbocycles. The van der Waals surface area contributed by atoms with Crippen LogP contribution in [0.15, 0.2) is 48.5 Å². The number of benzene rings is 2. The normalized spacial score (nSPS) is 14.5. The maximum absolute atomic E-state index is 11.9. The quantitative estimate of drug-likeness (QED) is 0.710. The molecule has 1 heterocycles. The summed E-state index contributed by atoms with van der Waals surface area (Å²) in [5, 5.41) is 5.92. The molecule has 0 unspecified atom stereocenters. The van der Waals surface area contributed by atoms with Gasteiger partial charge in [-0.2, -0.15) is 0 Å². The minimum atomic E-state index is -0.634. The third-order valence-electron chi connectivity index (χ3n) is 5.08. The van der Waals surface area contributed by atoms with E-state index in [0.29, 0.717) is 18.0 Å². The van der Waals surface area contributed by atoms with E-state index in [1.807, 2.05) is 12.1 Å². The van der Waals surface area contributed by atoms with Crippen LogP contribution in [-0.2, 0) is 22.6 Å². The van der Waals surface area contributed by atoms with Crippen LogP contribution in [0.25, 0.3) is 0 Å². The predicted molar refractivity (Wildman–Crippen MR) is 116 cm³/mol. The van der Waals surface area contributed by atoms with Crippen LogP contribution in [0.3, 0.4) is 0 Å². The monoisotopic (exact) mass is 414 g/mol. The molecule has 0 saturated carbocycles. The minimum absolute atomic E-state index is 0.289. The molecule has 2 N–H and O–H groups in total. The summed E-state index contributed by atoms with van der Waals surface area (Å²) >= 11 is 5.83. The maximum Gasteiger partial charge on any atom is 0.309 e. The van der Waals surface area contributed by atoms with Gasteiger partial charge in [0.15, 0.2) is 0 Å². The van der Waals surface area contributed by atoms with Crippen LogP contribution in [-0.4, -0.2) is 56.5 Å². The molecule has 0 aromatic heterocycles.